The van der Waals surface area contributed by atoms with Crippen LogP contribution in [0.15, 0.2) is 103 Å². The molecule has 2 aliphatic rings. The van der Waals surface area contributed by atoms with Crippen molar-refractivity contribution in [3.05, 3.63) is 131 Å². The molecule has 2 aliphatic heterocycles. The summed E-state index contributed by atoms with van der Waals surface area (Å²) in [4.78, 5) is 4.60. The van der Waals surface area contributed by atoms with Crippen LogP contribution in [0, 0.1) is 6.92 Å². The van der Waals surface area contributed by atoms with Crippen molar-refractivity contribution in [3.63, 3.8) is 0 Å². The molecule has 0 unspecified atom stereocenters. The molecule has 0 N–H and O–H groups in total. The largest absolute Gasteiger partial charge is 0.473 e. The Morgan fingerprint density at radius 3 is 1.58 bits per heavy atom. The molecule has 0 fully saturated rings. The van der Waals surface area contributed by atoms with E-state index in [1.165, 1.54) is 61.4 Å². The minimum Gasteiger partial charge on any atom is -0.473 e. The first-order chi connectivity index (χ1) is 21.8. The van der Waals surface area contributed by atoms with Crippen molar-refractivity contribution in [1.29, 1.82) is 0 Å². The summed E-state index contributed by atoms with van der Waals surface area (Å²) in [5, 5.41) is 0. The molecular formula is C41H42N2O2. The maximum atomic E-state index is 6.27. The monoisotopic (exact) mass is 594 g/mol. The molecule has 4 heteroatoms. The molecule has 7 rings (SSSR count). The van der Waals surface area contributed by atoms with Crippen molar-refractivity contribution < 1.29 is 9.47 Å². The fourth-order valence-corrected chi connectivity index (χ4v) is 6.48. The topological polar surface area (TPSA) is 24.9 Å². The van der Waals surface area contributed by atoms with Crippen molar-refractivity contribution in [2.45, 2.75) is 59.5 Å². The predicted octanol–water partition coefficient (Wildman–Crippen LogP) is 10.3. The lowest BCUT2D eigenvalue weighted by molar-refractivity contribution is 0.287. The Bertz CT molecular complexity index is 1810. The number of rotatable bonds is 6. The van der Waals surface area contributed by atoms with Crippen LogP contribution >= 0.6 is 0 Å². The summed E-state index contributed by atoms with van der Waals surface area (Å²) in [5.74, 6) is 3.05. The molecule has 0 radical (unpaired) electrons. The van der Waals surface area contributed by atoms with Gasteiger partial charge in [0.05, 0.1) is 0 Å². The smallest absolute Gasteiger partial charge is 0.161 e. The molecule has 0 aliphatic carbocycles. The molecule has 0 saturated heterocycles. The number of ether oxygens (including phenoxy) is 2. The minimum absolute atomic E-state index is 0.526. The van der Waals surface area contributed by atoms with Gasteiger partial charge in [-0.1, -0.05) is 82.3 Å². The van der Waals surface area contributed by atoms with Crippen LogP contribution in [0.25, 0.3) is 22.3 Å². The van der Waals surface area contributed by atoms with Gasteiger partial charge >= 0.3 is 0 Å². The van der Waals surface area contributed by atoms with E-state index in [0.717, 1.165) is 24.6 Å². The SMILES string of the molecule is Cc1cc(-c2ccc(-c3ccc4c(c3)CN(c3ccc(C(C)C)cc3)CO4)cc2)cc2c1OCN(c1ccc(C(C)C)cc1)C2. The predicted molar refractivity (Wildman–Crippen MR) is 186 cm³/mol. The van der Waals surface area contributed by atoms with E-state index in [2.05, 4.69) is 148 Å². The molecule has 5 aromatic rings. The number of fused-ring (bicyclic) bond motifs is 2. The molecule has 0 amide bonds. The third kappa shape index (κ3) is 5.90. The van der Waals surface area contributed by atoms with E-state index in [4.69, 9.17) is 9.47 Å². The van der Waals surface area contributed by atoms with Crippen LogP contribution in [0.2, 0.25) is 0 Å². The minimum atomic E-state index is 0.526. The van der Waals surface area contributed by atoms with Crippen molar-refractivity contribution in [3.8, 4) is 33.8 Å². The van der Waals surface area contributed by atoms with E-state index in [1.54, 1.807) is 0 Å². The van der Waals surface area contributed by atoms with Crippen LogP contribution in [-0.4, -0.2) is 13.5 Å². The average Bonchev–Trinajstić information content (AvgIpc) is 3.07. The summed E-state index contributed by atoms with van der Waals surface area (Å²) >= 11 is 0. The van der Waals surface area contributed by atoms with Gasteiger partial charge in [-0.05, 0) is 106 Å². The zero-order chi connectivity index (χ0) is 31.1. The molecule has 0 bridgehead atoms. The third-order valence-corrected chi connectivity index (χ3v) is 9.28. The van der Waals surface area contributed by atoms with E-state index in [-0.39, 0.29) is 0 Å². The maximum Gasteiger partial charge on any atom is 0.161 e. The Balaban J connectivity index is 1.09. The Morgan fingerprint density at radius 2 is 1.00 bits per heavy atom. The summed E-state index contributed by atoms with van der Waals surface area (Å²) in [7, 11) is 0. The highest BCUT2D eigenvalue weighted by molar-refractivity contribution is 5.73. The molecule has 4 nitrogen and oxygen atoms in total. The van der Waals surface area contributed by atoms with Gasteiger partial charge in [-0.2, -0.15) is 0 Å². The highest BCUT2D eigenvalue weighted by Crippen LogP contribution is 2.37. The average molecular weight is 595 g/mol. The molecule has 2 heterocycles. The fourth-order valence-electron chi connectivity index (χ4n) is 6.48. The zero-order valence-electron chi connectivity index (χ0n) is 27.0. The normalized spacial score (nSPS) is 14.2. The van der Waals surface area contributed by atoms with Crippen LogP contribution in [0.5, 0.6) is 11.5 Å². The number of nitrogens with zero attached hydrogens (tertiary/aromatic N) is 2. The van der Waals surface area contributed by atoms with Gasteiger partial charge < -0.3 is 19.3 Å². The molecule has 0 atom stereocenters. The fraction of sp³-hybridized carbons (Fsp3) is 0.268. The lowest BCUT2D eigenvalue weighted by Gasteiger charge is -2.32. The van der Waals surface area contributed by atoms with Crippen LogP contribution in [0.3, 0.4) is 0 Å². The molecule has 228 valence electrons. The van der Waals surface area contributed by atoms with E-state index in [1.807, 2.05) is 0 Å². The van der Waals surface area contributed by atoms with Crippen molar-refractivity contribution in [2.75, 3.05) is 23.3 Å². The first-order valence-electron chi connectivity index (χ1n) is 16.1. The molecule has 45 heavy (non-hydrogen) atoms. The number of benzene rings is 5. The molecule has 0 saturated carbocycles. The second kappa shape index (κ2) is 12.0. The quantitative estimate of drug-likeness (QED) is 0.195. The zero-order valence-corrected chi connectivity index (χ0v) is 27.0. The van der Waals surface area contributed by atoms with E-state index < -0.39 is 0 Å². The van der Waals surface area contributed by atoms with Gasteiger partial charge in [-0.15, -0.1) is 0 Å². The van der Waals surface area contributed by atoms with Gasteiger partial charge in [0, 0.05) is 35.6 Å². The van der Waals surface area contributed by atoms with Gasteiger partial charge in [0.25, 0.3) is 0 Å². The highest BCUT2D eigenvalue weighted by Gasteiger charge is 2.22. The maximum absolute atomic E-state index is 6.27. The van der Waals surface area contributed by atoms with Crippen molar-refractivity contribution in [2.24, 2.45) is 0 Å². The second-order valence-corrected chi connectivity index (χ2v) is 13.1. The molecular weight excluding hydrogens is 552 g/mol. The van der Waals surface area contributed by atoms with Gasteiger partial charge in [-0.25, -0.2) is 0 Å². The van der Waals surface area contributed by atoms with Gasteiger partial charge in [0.15, 0.2) is 13.5 Å². The first kappa shape index (κ1) is 29.0. The summed E-state index contributed by atoms with van der Waals surface area (Å²) in [6.07, 6.45) is 0. The third-order valence-electron chi connectivity index (χ3n) is 9.28. The van der Waals surface area contributed by atoms with Crippen LogP contribution < -0.4 is 19.3 Å². The Morgan fingerprint density at radius 1 is 0.511 bits per heavy atom. The second-order valence-electron chi connectivity index (χ2n) is 13.1. The summed E-state index contributed by atoms with van der Waals surface area (Å²) < 4.78 is 12.4. The van der Waals surface area contributed by atoms with E-state index in [0.29, 0.717) is 25.3 Å². The first-order valence-corrected chi connectivity index (χ1v) is 16.1. The molecule has 0 aromatic heterocycles. The lowest BCUT2D eigenvalue weighted by atomic mass is 9.95. The molecule has 0 spiro atoms. The number of hydrogen-bond donors (Lipinski definition) is 0. The number of anilines is 2. The Hall–Kier alpha value is -4.70. The highest BCUT2D eigenvalue weighted by atomic mass is 16.5. The van der Waals surface area contributed by atoms with E-state index >= 15 is 0 Å². The van der Waals surface area contributed by atoms with E-state index in [9.17, 15) is 0 Å². The Labute approximate surface area is 267 Å². The lowest BCUT2D eigenvalue weighted by Crippen LogP contribution is -2.32. The van der Waals surface area contributed by atoms with Gasteiger partial charge in [-0.3, -0.25) is 0 Å². The summed E-state index contributed by atoms with van der Waals surface area (Å²) in [6.45, 7) is 13.9. The summed E-state index contributed by atoms with van der Waals surface area (Å²) in [5.41, 5.74) is 13.6. The van der Waals surface area contributed by atoms with Crippen molar-refractivity contribution in [1.82, 2.24) is 0 Å². The van der Waals surface area contributed by atoms with Crippen LogP contribution in [0.1, 0.15) is 67.3 Å². The van der Waals surface area contributed by atoms with Crippen molar-refractivity contribution >= 4 is 11.4 Å². The Kier molecular flexibility index (Phi) is 7.75. The van der Waals surface area contributed by atoms with Crippen LogP contribution in [-0.2, 0) is 13.1 Å². The van der Waals surface area contributed by atoms with Gasteiger partial charge in [0.2, 0.25) is 0 Å². The number of aryl methyl sites for hydroxylation is 1. The molecule has 5 aromatic carbocycles. The summed E-state index contributed by atoms with van der Waals surface area (Å²) in [6, 6.07) is 37.8. The standard InChI is InChI=1S/C41H42N2O2/c1-27(2)30-10-15-38(16-11-30)42-23-36-21-34(14-19-40(36)44-25-42)32-6-8-33(9-7-32)35-20-29(5)41-37(22-35)24-43(26-45-41)39-17-12-31(13-18-39)28(3)4/h6-22,27-28H,23-26H2,1-5H3. The number of hydrogen-bond acceptors (Lipinski definition) is 4. The van der Waals surface area contributed by atoms with Gasteiger partial charge in [0.1, 0.15) is 11.5 Å². The van der Waals surface area contributed by atoms with Crippen LogP contribution in [0.4, 0.5) is 11.4 Å².